The molecule has 0 aliphatic carbocycles. The second-order valence-corrected chi connectivity index (χ2v) is 10.3. The summed E-state index contributed by atoms with van der Waals surface area (Å²) in [4.78, 5) is 17.1. The van der Waals surface area contributed by atoms with Gasteiger partial charge in [0.15, 0.2) is 0 Å². The molecule has 2 aromatic carbocycles. The summed E-state index contributed by atoms with van der Waals surface area (Å²) in [6.07, 6.45) is 1.80. The van der Waals surface area contributed by atoms with Crippen molar-refractivity contribution in [2.24, 2.45) is 0 Å². The summed E-state index contributed by atoms with van der Waals surface area (Å²) in [5.41, 5.74) is 5.66. The fourth-order valence-corrected chi connectivity index (χ4v) is 5.63. The minimum atomic E-state index is -0.483. The lowest BCUT2D eigenvalue weighted by Crippen LogP contribution is -2.49. The van der Waals surface area contributed by atoms with Crippen molar-refractivity contribution in [1.82, 2.24) is 4.90 Å². The first kappa shape index (κ1) is 20.0. The Morgan fingerprint density at radius 3 is 2.73 bits per heavy atom. The zero-order chi connectivity index (χ0) is 21.2. The molecule has 0 radical (unpaired) electrons. The predicted octanol–water partition coefficient (Wildman–Crippen LogP) is 6.13. The Bertz CT molecular complexity index is 1030. The molecule has 2 atom stereocenters. The van der Waals surface area contributed by atoms with E-state index < -0.39 is 5.60 Å². The molecular formula is C24H26Cl2N2O2. The Kier molecular flexibility index (Phi) is 4.71. The molecule has 1 saturated heterocycles. The molecule has 3 aliphatic rings. The molecule has 0 bridgehead atoms. The van der Waals surface area contributed by atoms with E-state index in [9.17, 15) is 4.79 Å². The Morgan fingerprint density at radius 2 is 1.97 bits per heavy atom. The Balaban J connectivity index is 1.51. The van der Waals surface area contributed by atoms with Gasteiger partial charge in [-0.15, -0.1) is 0 Å². The van der Waals surface area contributed by atoms with Gasteiger partial charge in [0.1, 0.15) is 5.60 Å². The number of ether oxygens (including phenoxy) is 1. The molecule has 3 heterocycles. The van der Waals surface area contributed by atoms with Gasteiger partial charge in [-0.25, -0.2) is 4.79 Å². The fraction of sp³-hybridized carbons (Fsp3) is 0.458. The van der Waals surface area contributed by atoms with Crippen LogP contribution in [0.1, 0.15) is 44.2 Å². The van der Waals surface area contributed by atoms with E-state index in [1.54, 1.807) is 0 Å². The molecule has 0 spiro atoms. The van der Waals surface area contributed by atoms with Crippen LogP contribution in [0.4, 0.5) is 10.5 Å². The molecule has 0 saturated carbocycles. The van der Waals surface area contributed by atoms with E-state index >= 15 is 0 Å². The van der Waals surface area contributed by atoms with Gasteiger partial charge in [-0.1, -0.05) is 35.3 Å². The van der Waals surface area contributed by atoms with Crippen molar-refractivity contribution in [3.8, 4) is 11.1 Å². The van der Waals surface area contributed by atoms with E-state index in [4.69, 9.17) is 27.9 Å². The third kappa shape index (κ3) is 3.25. The van der Waals surface area contributed by atoms with Crippen molar-refractivity contribution >= 4 is 35.0 Å². The average molecular weight is 445 g/mol. The van der Waals surface area contributed by atoms with Crippen LogP contribution in [-0.2, 0) is 11.2 Å². The first-order chi connectivity index (χ1) is 14.2. The number of piperidine rings is 1. The van der Waals surface area contributed by atoms with E-state index in [-0.39, 0.29) is 6.09 Å². The number of carbonyl (C=O) groups is 1. The number of hydrogen-bond donors (Lipinski definition) is 0. The summed E-state index contributed by atoms with van der Waals surface area (Å²) in [6.45, 7) is 8.21. The highest BCUT2D eigenvalue weighted by Gasteiger charge is 2.46. The van der Waals surface area contributed by atoms with E-state index in [0.717, 1.165) is 37.1 Å². The second-order valence-electron chi connectivity index (χ2n) is 9.51. The molecule has 2 unspecified atom stereocenters. The maximum atomic E-state index is 12.7. The number of nitrogens with zero attached hydrogens (tertiary/aromatic N) is 2. The molecule has 4 nitrogen and oxygen atoms in total. The minimum Gasteiger partial charge on any atom is -0.444 e. The van der Waals surface area contributed by atoms with E-state index in [1.807, 2.05) is 43.9 Å². The van der Waals surface area contributed by atoms with Crippen molar-refractivity contribution in [1.29, 1.82) is 0 Å². The summed E-state index contributed by atoms with van der Waals surface area (Å²) in [5, 5.41) is 1.16. The number of fused-ring (bicyclic) bond motifs is 3. The third-order valence-electron chi connectivity index (χ3n) is 6.42. The summed E-state index contributed by atoms with van der Waals surface area (Å²) in [7, 11) is 0. The maximum absolute atomic E-state index is 12.7. The molecule has 30 heavy (non-hydrogen) atoms. The van der Waals surface area contributed by atoms with Crippen LogP contribution in [0.3, 0.4) is 0 Å². The van der Waals surface area contributed by atoms with Gasteiger partial charge in [0.2, 0.25) is 0 Å². The zero-order valence-corrected chi connectivity index (χ0v) is 19.1. The van der Waals surface area contributed by atoms with Crippen LogP contribution in [0, 0.1) is 0 Å². The van der Waals surface area contributed by atoms with Crippen molar-refractivity contribution in [2.45, 2.75) is 51.2 Å². The van der Waals surface area contributed by atoms with E-state index in [1.165, 1.54) is 16.8 Å². The van der Waals surface area contributed by atoms with Crippen LogP contribution in [0.15, 0.2) is 30.3 Å². The van der Waals surface area contributed by atoms with Crippen molar-refractivity contribution < 1.29 is 9.53 Å². The van der Waals surface area contributed by atoms with Crippen LogP contribution in [0.25, 0.3) is 11.1 Å². The number of rotatable bonds is 1. The molecule has 5 rings (SSSR count). The van der Waals surface area contributed by atoms with Crippen LogP contribution in [0.2, 0.25) is 10.0 Å². The number of anilines is 1. The molecule has 1 fully saturated rings. The van der Waals surface area contributed by atoms with Crippen LogP contribution < -0.4 is 4.90 Å². The summed E-state index contributed by atoms with van der Waals surface area (Å²) in [5.74, 6) is 0.290. The molecule has 2 aromatic rings. The van der Waals surface area contributed by atoms with Crippen LogP contribution in [0.5, 0.6) is 0 Å². The molecule has 6 heteroatoms. The standard InChI is InChI=1S/C24H26Cl2N2O2/c1-24(2,3)30-23(29)27-9-8-20-18(13-27)17-12-15(11-14-7-10-28(20)22(14)17)16-5-4-6-19(25)21(16)26/h4-6,11-12,18,20H,7-10,13H2,1-3H3. The summed E-state index contributed by atoms with van der Waals surface area (Å²) >= 11 is 12.8. The van der Waals surface area contributed by atoms with Gasteiger partial charge in [0, 0.05) is 42.8 Å². The predicted molar refractivity (Wildman–Crippen MR) is 122 cm³/mol. The van der Waals surface area contributed by atoms with Gasteiger partial charge in [-0.2, -0.15) is 0 Å². The van der Waals surface area contributed by atoms with Gasteiger partial charge < -0.3 is 14.5 Å². The minimum absolute atomic E-state index is 0.215. The third-order valence-corrected chi connectivity index (χ3v) is 7.24. The molecular weight excluding hydrogens is 419 g/mol. The molecule has 0 aromatic heterocycles. The zero-order valence-electron chi connectivity index (χ0n) is 17.5. The highest BCUT2D eigenvalue weighted by atomic mass is 35.5. The molecule has 0 N–H and O–H groups in total. The number of halogens is 2. The van der Waals surface area contributed by atoms with Gasteiger partial charge >= 0.3 is 6.09 Å². The molecule has 1 amide bonds. The highest BCUT2D eigenvalue weighted by molar-refractivity contribution is 6.43. The number of carbonyl (C=O) groups excluding carboxylic acids is 1. The number of benzene rings is 2. The van der Waals surface area contributed by atoms with E-state index in [2.05, 4.69) is 17.0 Å². The smallest absolute Gasteiger partial charge is 0.410 e. The van der Waals surface area contributed by atoms with Crippen molar-refractivity contribution in [3.63, 3.8) is 0 Å². The van der Waals surface area contributed by atoms with Crippen molar-refractivity contribution in [3.05, 3.63) is 51.5 Å². The lowest BCUT2D eigenvalue weighted by molar-refractivity contribution is 0.0189. The number of likely N-dealkylation sites (tertiary alicyclic amines) is 1. The van der Waals surface area contributed by atoms with Gasteiger partial charge in [0.05, 0.1) is 10.0 Å². The SMILES string of the molecule is CC(C)(C)OC(=O)N1CCC2C(C1)c1cc(-c3cccc(Cl)c3Cl)cc3c1N2CC3. The average Bonchev–Trinajstić information content (AvgIpc) is 3.24. The fourth-order valence-electron chi connectivity index (χ4n) is 5.22. The molecule has 158 valence electrons. The van der Waals surface area contributed by atoms with Crippen LogP contribution >= 0.6 is 23.2 Å². The molecule has 3 aliphatic heterocycles. The van der Waals surface area contributed by atoms with Crippen molar-refractivity contribution in [2.75, 3.05) is 24.5 Å². The monoisotopic (exact) mass is 444 g/mol. The van der Waals surface area contributed by atoms with Crippen LogP contribution in [-0.4, -0.2) is 42.3 Å². The van der Waals surface area contributed by atoms with Gasteiger partial charge in [0.25, 0.3) is 0 Å². The normalized spacial score (nSPS) is 22.2. The Labute approximate surface area is 187 Å². The Hall–Kier alpha value is -1.91. The summed E-state index contributed by atoms with van der Waals surface area (Å²) in [6, 6.07) is 10.8. The van der Waals surface area contributed by atoms with Gasteiger partial charge in [-0.05, 0) is 68.5 Å². The second kappa shape index (κ2) is 7.06. The topological polar surface area (TPSA) is 32.8 Å². The first-order valence-corrected chi connectivity index (χ1v) is 11.3. The quantitative estimate of drug-likeness (QED) is 0.530. The Morgan fingerprint density at radius 1 is 1.17 bits per heavy atom. The number of amides is 1. The maximum Gasteiger partial charge on any atom is 0.410 e. The number of hydrogen-bond acceptors (Lipinski definition) is 3. The summed E-state index contributed by atoms with van der Waals surface area (Å²) < 4.78 is 5.64. The van der Waals surface area contributed by atoms with E-state index in [0.29, 0.717) is 28.5 Å². The lowest BCUT2D eigenvalue weighted by atomic mass is 9.86. The lowest BCUT2D eigenvalue weighted by Gasteiger charge is -2.38. The highest BCUT2D eigenvalue weighted by Crippen LogP contribution is 2.51. The largest absolute Gasteiger partial charge is 0.444 e. The first-order valence-electron chi connectivity index (χ1n) is 10.6. The van der Waals surface area contributed by atoms with Gasteiger partial charge in [-0.3, -0.25) is 0 Å².